The van der Waals surface area contributed by atoms with Crippen molar-refractivity contribution in [3.63, 3.8) is 0 Å². The van der Waals surface area contributed by atoms with Crippen molar-refractivity contribution in [3.8, 4) is 0 Å². The molecular weight excluding hydrogens is 5480 g/mol. The van der Waals surface area contributed by atoms with E-state index in [0.717, 1.165) is 0 Å². The third-order valence-corrected chi connectivity index (χ3v) is 2.47. The summed E-state index contributed by atoms with van der Waals surface area (Å²) in [7, 11) is 1.39. The molecule has 0 aromatic carbocycles. The summed E-state index contributed by atoms with van der Waals surface area (Å²) < 4.78 is 5.41. The molecule has 69 heavy (non-hydrogen) atoms. The normalized spacial score (nSPS) is 1.48. The predicted octanol–water partition coefficient (Wildman–Crippen LogP) is 1.75. The molecule has 0 atom stereocenters. The van der Waals surface area contributed by atoms with Crippen LogP contribution in [0, 0.1) is 0 Å². The molecule has 232 valence electrons. The predicted molar refractivity (Wildman–Crippen MR) is 42.8 cm³/mol. The van der Waals surface area contributed by atoms with Crippen molar-refractivity contribution in [1.82, 2.24) is 0 Å². The Morgan fingerprint density at radius 3 is 0.203 bits per heavy atom. The molecule has 0 unspecified atom stereocenters. The van der Waals surface area contributed by atoms with Crippen LogP contribution in [-0.4, -0.2) is 19.5 Å². The topological polar surface area (TPSA) is 9.23 Å². The van der Waals surface area contributed by atoms with E-state index in [0.29, 0.717) is 30.6 Å². The van der Waals surface area contributed by atoms with Crippen molar-refractivity contribution in [1.29, 1.82) is 0 Å². The van der Waals surface area contributed by atoms with Gasteiger partial charge < -0.3 is 4.12 Å². The van der Waals surface area contributed by atoms with Crippen LogP contribution in [0.25, 0.3) is 0 Å². The summed E-state index contributed by atoms with van der Waals surface area (Å²) >= 11 is 0. The Balaban J connectivity index is -0.000000000181. The van der Waals surface area contributed by atoms with E-state index < -0.39 is 0 Å². The molecule has 63 heteroatoms. The smallest absolute Gasteiger partial charge is 0.217 e. The Labute approximate surface area is 1950 Å². The monoisotopic (exact) mass is 5490 g/mol. The van der Waals surface area contributed by atoms with Crippen LogP contribution < -0.4 is 0 Å². The van der Waals surface area contributed by atoms with E-state index in [-0.39, 0.29) is 1960 Å². The van der Waals surface area contributed by atoms with Gasteiger partial charge in [0.2, 0.25) is 19.5 Å². The van der Waals surface area contributed by atoms with Gasteiger partial charge in [0.25, 0.3) is 0 Å². The third-order valence-electron chi connectivity index (χ3n) is 0.589. The second kappa shape index (κ2) is 420. The van der Waals surface area contributed by atoms with Crippen LogP contribution in [0.4, 0.5) is 0 Å². The zero-order valence-electron chi connectivity index (χ0n) is 41.2. The molecular formula is C6H14OSi2Y60. The van der Waals surface area contributed by atoms with Gasteiger partial charge in [-0.3, -0.25) is 0 Å². The average molecular weight is 5490 g/mol. The zero-order valence-corrected chi connectivity index (χ0v) is 214. The number of rotatable bonds is 4. The van der Waals surface area contributed by atoms with Gasteiger partial charge in [-0.15, -0.1) is 0 Å². The van der Waals surface area contributed by atoms with Gasteiger partial charge in [-0.2, -0.15) is 0 Å². The summed E-state index contributed by atoms with van der Waals surface area (Å²) in [6, 6.07) is 0. The molecule has 0 heterocycles. The first-order valence-corrected chi connectivity index (χ1v) is 5.27. The van der Waals surface area contributed by atoms with Crippen LogP contribution in [0.3, 0.4) is 0 Å². The van der Waals surface area contributed by atoms with E-state index in [9.17, 15) is 0 Å². The zero-order chi connectivity index (χ0) is 7.28. The van der Waals surface area contributed by atoms with Gasteiger partial charge in [-0.25, -0.2) is 0 Å². The van der Waals surface area contributed by atoms with Gasteiger partial charge in [-0.05, 0) is 11.1 Å². The summed E-state index contributed by atoms with van der Waals surface area (Å²) in [5, 5.41) is 0. The fourth-order valence-corrected chi connectivity index (χ4v) is 2.43. The summed E-state index contributed by atoms with van der Waals surface area (Å²) in [5.41, 5.74) is 1.41. The van der Waals surface area contributed by atoms with Gasteiger partial charge in [-0.1, -0.05) is 27.7 Å². The van der Waals surface area contributed by atoms with Gasteiger partial charge in [0.05, 0.1) is 0 Å². The molecule has 0 bridgehead atoms. The molecule has 0 saturated heterocycles. The molecule has 0 aliphatic heterocycles. The van der Waals surface area contributed by atoms with E-state index >= 15 is 0 Å². The first-order valence-electron chi connectivity index (χ1n) is 3.29. The van der Waals surface area contributed by atoms with Crippen molar-refractivity contribution >= 4 is 19.5 Å². The first-order chi connectivity index (χ1) is 4.13. The van der Waals surface area contributed by atoms with Gasteiger partial charge in [0.1, 0.15) is 0 Å². The standard InChI is InChI=1S/C6H14OSi2.60Y/c1-5(2)8-7-9-6(3)4;;;;;;;;;;;;;;;;;;;;;;;;;;;;;;;;;;;;;;;;;;;;;;;;;;;;;;;;;;;;/h5-6H,1-4H3;;;;;;;;;;;;;;;;;;;;;;;;;;;;;;;;;;;;;;;;;;;;;;;;;;;;;;;;;;;;. The maximum atomic E-state index is 5.41. The second-order valence-electron chi connectivity index (χ2n) is 2.65. The Hall–Kier alpha value is 66.6. The quantitative estimate of drug-likeness (QED) is 0.391. The second-order valence-corrected chi connectivity index (χ2v) is 6.24. The van der Waals surface area contributed by atoms with Gasteiger partial charge >= 0.3 is 0 Å². The summed E-state index contributed by atoms with van der Waals surface area (Å²) in [6.45, 7) is 8.74. The molecule has 0 N–H and O–H groups in total. The fraction of sp³-hybridized carbons (Fsp3) is 1.00. The number of hydrogen-bond acceptors (Lipinski definition) is 1. The molecule has 0 aromatic rings. The van der Waals surface area contributed by atoms with Crippen molar-refractivity contribution in [2.75, 3.05) is 0 Å². The fourth-order valence-electron chi connectivity index (χ4n) is 0.270. The van der Waals surface area contributed by atoms with Crippen LogP contribution in [0.5, 0.6) is 0 Å². The molecule has 0 saturated carbocycles. The Morgan fingerprint density at radius 1 is 0.130 bits per heavy atom. The van der Waals surface area contributed by atoms with Crippen molar-refractivity contribution < 1.29 is 1970 Å². The van der Waals surface area contributed by atoms with E-state index in [4.69, 9.17) is 4.12 Å². The molecule has 0 aromatic heterocycles. The maximum absolute atomic E-state index is 5.41. The van der Waals surface area contributed by atoms with Crippen molar-refractivity contribution in [2.24, 2.45) is 0 Å². The molecule has 0 spiro atoms. The van der Waals surface area contributed by atoms with Crippen molar-refractivity contribution in [3.05, 3.63) is 0 Å². The van der Waals surface area contributed by atoms with Gasteiger partial charge in [0.15, 0.2) is 0 Å². The summed E-state index contributed by atoms with van der Waals surface area (Å²) in [5.74, 6) is 0. The molecule has 64 radical (unpaired) electrons. The van der Waals surface area contributed by atoms with Crippen LogP contribution in [0.1, 0.15) is 27.7 Å². The van der Waals surface area contributed by atoms with Crippen LogP contribution in [0.15, 0.2) is 0 Å². The van der Waals surface area contributed by atoms with E-state index in [1.54, 1.807) is 0 Å². The largest absolute Gasteiger partial charge is 0.456 e. The molecule has 0 rings (SSSR count). The Morgan fingerprint density at radius 2 is 0.174 bits per heavy atom. The first kappa shape index (κ1) is 441. The Kier molecular flexibility index (Phi) is 2690. The molecule has 0 aliphatic carbocycles. The minimum Gasteiger partial charge on any atom is -0.456 e. The molecule has 0 aliphatic rings. The summed E-state index contributed by atoms with van der Waals surface area (Å²) in [4.78, 5) is 0. The van der Waals surface area contributed by atoms with Crippen LogP contribution in [-0.2, 0) is 1970 Å². The van der Waals surface area contributed by atoms with Crippen LogP contribution >= 0.6 is 0 Å². The molecule has 0 amide bonds. The van der Waals surface area contributed by atoms with E-state index in [1.807, 2.05) is 0 Å². The van der Waals surface area contributed by atoms with Crippen molar-refractivity contribution in [2.45, 2.75) is 38.8 Å². The van der Waals surface area contributed by atoms with E-state index in [1.165, 1.54) is 0 Å². The maximum Gasteiger partial charge on any atom is 0.217 e. The minimum absolute atomic E-state index is 0. The van der Waals surface area contributed by atoms with E-state index in [2.05, 4.69) is 27.7 Å². The molecule has 1 nitrogen and oxygen atoms in total. The van der Waals surface area contributed by atoms with Crippen LogP contribution in [0.2, 0.25) is 11.1 Å². The average Bonchev–Trinajstić information content (AvgIpc) is 1.63. The molecule has 0 fully saturated rings. The minimum atomic E-state index is 0. The van der Waals surface area contributed by atoms with Gasteiger partial charge in [0, 0.05) is 1960 Å². The third kappa shape index (κ3) is 449. The number of hydrogen-bond donors (Lipinski definition) is 0. The Bertz CT molecular complexity index is 94.6. The summed E-state index contributed by atoms with van der Waals surface area (Å²) in [6.07, 6.45) is 0. The SMILES string of the molecule is CC(C)[Si]O[Si]C(C)C.[Y].[Y].[Y].[Y].[Y].[Y].[Y].[Y].[Y].[Y].[Y].[Y].[Y].[Y].[Y].[Y].[Y].[Y].[Y].[Y].[Y].[Y].[Y].[Y].[Y].[Y].[Y].[Y].[Y].[Y].[Y].[Y].[Y].[Y].[Y].[Y].[Y].[Y].[Y].[Y].[Y].[Y].[Y].[Y].[Y].[Y].[Y].[Y].[Y].[Y].[Y].[Y].[Y].[Y].[Y].[Y].[Y].[Y].[Y].[Y].